The van der Waals surface area contributed by atoms with Crippen molar-refractivity contribution in [1.29, 1.82) is 0 Å². The summed E-state index contributed by atoms with van der Waals surface area (Å²) >= 11 is 0. The molecule has 20 heavy (non-hydrogen) atoms. The predicted octanol–water partition coefficient (Wildman–Crippen LogP) is 2.80. The van der Waals surface area contributed by atoms with Crippen molar-refractivity contribution in [3.63, 3.8) is 0 Å². The molecule has 0 aliphatic carbocycles. The second-order valence-electron chi connectivity index (χ2n) is 5.17. The maximum absolute atomic E-state index is 12.1. The van der Waals surface area contributed by atoms with Crippen LogP contribution in [-0.2, 0) is 0 Å². The Kier molecular flexibility index (Phi) is 4.35. The molecule has 4 heteroatoms. The van der Waals surface area contributed by atoms with E-state index in [4.69, 9.17) is 0 Å². The zero-order valence-electron chi connectivity index (χ0n) is 12.4. The number of H-pyrrole nitrogens is 1. The summed E-state index contributed by atoms with van der Waals surface area (Å²) in [4.78, 5) is 19.2. The van der Waals surface area contributed by atoms with Gasteiger partial charge in [0, 0.05) is 17.8 Å². The van der Waals surface area contributed by atoms with Gasteiger partial charge in [0.2, 0.25) is 0 Å². The van der Waals surface area contributed by atoms with E-state index < -0.39 is 0 Å². The molecule has 0 spiro atoms. The highest BCUT2D eigenvalue weighted by molar-refractivity contribution is 5.22. The second-order valence-corrected chi connectivity index (χ2v) is 5.17. The van der Waals surface area contributed by atoms with Crippen LogP contribution in [0, 0.1) is 13.8 Å². The van der Waals surface area contributed by atoms with Crippen LogP contribution in [0.3, 0.4) is 0 Å². The van der Waals surface area contributed by atoms with Crippen LogP contribution < -0.4 is 10.9 Å². The van der Waals surface area contributed by atoms with Crippen LogP contribution in [0.4, 0.5) is 0 Å². The minimum absolute atomic E-state index is 0.0537. The van der Waals surface area contributed by atoms with Crippen LogP contribution >= 0.6 is 0 Å². The molecule has 0 fully saturated rings. The van der Waals surface area contributed by atoms with Crippen LogP contribution in [-0.4, -0.2) is 9.97 Å². The summed E-state index contributed by atoms with van der Waals surface area (Å²) in [7, 11) is 0. The Labute approximate surface area is 119 Å². The van der Waals surface area contributed by atoms with E-state index in [1.54, 1.807) is 6.92 Å². The third-order valence-electron chi connectivity index (χ3n) is 3.50. The third-order valence-corrected chi connectivity index (χ3v) is 3.50. The van der Waals surface area contributed by atoms with Gasteiger partial charge in [-0.25, -0.2) is 4.98 Å². The van der Waals surface area contributed by atoms with Gasteiger partial charge < -0.3 is 10.3 Å². The molecule has 4 nitrogen and oxygen atoms in total. The summed E-state index contributed by atoms with van der Waals surface area (Å²) in [6.07, 6.45) is 0. The molecule has 1 unspecified atom stereocenters. The zero-order valence-corrected chi connectivity index (χ0v) is 12.4. The first kappa shape index (κ1) is 14.5. The van der Waals surface area contributed by atoms with Crippen LogP contribution in [0.1, 0.15) is 48.6 Å². The van der Waals surface area contributed by atoms with Crippen molar-refractivity contribution >= 4 is 0 Å². The summed E-state index contributed by atoms with van der Waals surface area (Å²) in [5.41, 5.74) is 2.63. The smallest absolute Gasteiger partial charge is 0.255 e. The van der Waals surface area contributed by atoms with Gasteiger partial charge in [0.1, 0.15) is 5.82 Å². The normalized spacial score (nSPS) is 14.0. The molecule has 2 atom stereocenters. The van der Waals surface area contributed by atoms with E-state index in [-0.39, 0.29) is 17.6 Å². The fourth-order valence-electron chi connectivity index (χ4n) is 2.54. The monoisotopic (exact) mass is 271 g/mol. The van der Waals surface area contributed by atoms with Crippen LogP contribution in [0.2, 0.25) is 0 Å². The summed E-state index contributed by atoms with van der Waals surface area (Å²) in [5.74, 6) is 0.652. The molecule has 1 aromatic heterocycles. The molecular formula is C16H21N3O. The van der Waals surface area contributed by atoms with Gasteiger partial charge in [-0.2, -0.15) is 0 Å². The Hall–Kier alpha value is -1.94. The Morgan fingerprint density at radius 3 is 2.35 bits per heavy atom. The maximum atomic E-state index is 12.1. The third kappa shape index (κ3) is 3.14. The lowest BCUT2D eigenvalue weighted by atomic mass is 10.0. The van der Waals surface area contributed by atoms with Crippen molar-refractivity contribution in [1.82, 2.24) is 15.3 Å². The Balaban J connectivity index is 2.21. The van der Waals surface area contributed by atoms with Gasteiger partial charge in [-0.1, -0.05) is 30.3 Å². The summed E-state index contributed by atoms with van der Waals surface area (Å²) in [5, 5.41) is 3.45. The van der Waals surface area contributed by atoms with Crippen molar-refractivity contribution in [2.24, 2.45) is 0 Å². The minimum atomic E-state index is -0.0599. The number of nitrogens with zero attached hydrogens (tertiary/aromatic N) is 1. The summed E-state index contributed by atoms with van der Waals surface area (Å²) < 4.78 is 0. The number of hydrogen-bond donors (Lipinski definition) is 2. The highest BCUT2D eigenvalue weighted by Crippen LogP contribution is 2.18. The molecule has 0 amide bonds. The average molecular weight is 271 g/mol. The van der Waals surface area contributed by atoms with Gasteiger partial charge in [0.15, 0.2) is 0 Å². The van der Waals surface area contributed by atoms with Gasteiger partial charge >= 0.3 is 0 Å². The molecule has 0 radical (unpaired) electrons. The second kappa shape index (κ2) is 6.01. The SMILES string of the molecule is Cc1nc(C)c(C(C)N[C@H](C)c2ccccc2)c(=O)[nH]1. The zero-order chi connectivity index (χ0) is 14.7. The molecule has 0 saturated heterocycles. The van der Waals surface area contributed by atoms with Gasteiger partial charge in [-0.3, -0.25) is 4.79 Å². The van der Waals surface area contributed by atoms with Gasteiger partial charge in [0.05, 0.1) is 5.56 Å². The molecule has 1 aromatic carbocycles. The molecule has 2 rings (SSSR count). The first-order chi connectivity index (χ1) is 9.49. The van der Waals surface area contributed by atoms with Crippen molar-refractivity contribution in [3.05, 3.63) is 63.3 Å². The lowest BCUT2D eigenvalue weighted by Crippen LogP contribution is -2.29. The number of aryl methyl sites for hydroxylation is 2. The van der Waals surface area contributed by atoms with Crippen molar-refractivity contribution in [3.8, 4) is 0 Å². The van der Waals surface area contributed by atoms with Crippen molar-refractivity contribution in [2.75, 3.05) is 0 Å². The number of nitrogens with one attached hydrogen (secondary N) is 2. The minimum Gasteiger partial charge on any atom is -0.310 e. The van der Waals surface area contributed by atoms with E-state index in [1.165, 1.54) is 5.56 Å². The van der Waals surface area contributed by atoms with E-state index >= 15 is 0 Å². The molecule has 2 aromatic rings. The molecular weight excluding hydrogens is 250 g/mol. The number of hydrogen-bond acceptors (Lipinski definition) is 3. The fraction of sp³-hybridized carbons (Fsp3) is 0.375. The lowest BCUT2D eigenvalue weighted by molar-refractivity contribution is 0.487. The Morgan fingerprint density at radius 1 is 1.10 bits per heavy atom. The van der Waals surface area contributed by atoms with Crippen LogP contribution in [0.15, 0.2) is 35.1 Å². The summed E-state index contributed by atoms with van der Waals surface area (Å²) in [6.45, 7) is 7.76. The highest BCUT2D eigenvalue weighted by Gasteiger charge is 2.17. The number of benzene rings is 1. The quantitative estimate of drug-likeness (QED) is 0.899. The van der Waals surface area contributed by atoms with E-state index in [0.717, 1.165) is 5.69 Å². The average Bonchev–Trinajstić information content (AvgIpc) is 2.38. The van der Waals surface area contributed by atoms with E-state index in [1.807, 2.05) is 32.0 Å². The van der Waals surface area contributed by atoms with Crippen molar-refractivity contribution in [2.45, 2.75) is 39.8 Å². The van der Waals surface area contributed by atoms with Gasteiger partial charge in [-0.15, -0.1) is 0 Å². The maximum Gasteiger partial charge on any atom is 0.255 e. The molecule has 0 aliphatic heterocycles. The lowest BCUT2D eigenvalue weighted by Gasteiger charge is -2.21. The Morgan fingerprint density at radius 2 is 1.75 bits per heavy atom. The van der Waals surface area contributed by atoms with E-state index in [0.29, 0.717) is 11.4 Å². The first-order valence-corrected chi connectivity index (χ1v) is 6.87. The highest BCUT2D eigenvalue weighted by atomic mass is 16.1. The predicted molar refractivity (Wildman–Crippen MR) is 80.7 cm³/mol. The molecule has 0 aliphatic rings. The van der Waals surface area contributed by atoms with E-state index in [2.05, 4.69) is 34.3 Å². The van der Waals surface area contributed by atoms with Gasteiger partial charge in [-0.05, 0) is 33.3 Å². The number of rotatable bonds is 4. The number of aromatic amines is 1. The summed E-state index contributed by atoms with van der Waals surface area (Å²) in [6, 6.07) is 10.3. The van der Waals surface area contributed by atoms with Crippen molar-refractivity contribution < 1.29 is 0 Å². The van der Waals surface area contributed by atoms with Crippen LogP contribution in [0.25, 0.3) is 0 Å². The van der Waals surface area contributed by atoms with Gasteiger partial charge in [0.25, 0.3) is 5.56 Å². The molecule has 0 saturated carbocycles. The topological polar surface area (TPSA) is 57.8 Å². The Bertz CT molecular complexity index is 634. The molecule has 1 heterocycles. The largest absolute Gasteiger partial charge is 0.310 e. The molecule has 106 valence electrons. The fourth-order valence-corrected chi connectivity index (χ4v) is 2.54. The molecule has 2 N–H and O–H groups in total. The van der Waals surface area contributed by atoms with E-state index in [9.17, 15) is 4.79 Å². The standard InChI is InChI=1S/C16H21N3O/c1-10(14-8-6-5-7-9-14)17-11(2)15-12(3)18-13(4)19-16(15)20/h5-11,17H,1-4H3,(H,18,19,20)/t10-,11?/m1/s1. The first-order valence-electron chi connectivity index (χ1n) is 6.87. The molecule has 0 bridgehead atoms. The number of aromatic nitrogens is 2. The van der Waals surface area contributed by atoms with Crippen LogP contribution in [0.5, 0.6) is 0 Å².